The largest absolute Gasteiger partial charge is 0.497 e. The molecule has 9 heteroatoms. The molecule has 0 amide bonds. The van der Waals surface area contributed by atoms with E-state index in [4.69, 9.17) is 4.74 Å². The highest BCUT2D eigenvalue weighted by atomic mass is 32.2. The third-order valence-electron chi connectivity index (χ3n) is 4.78. The van der Waals surface area contributed by atoms with Crippen molar-refractivity contribution >= 4 is 26.7 Å². The number of anilines is 1. The van der Waals surface area contributed by atoms with Gasteiger partial charge in [0.1, 0.15) is 11.6 Å². The Labute approximate surface area is 182 Å². The third-order valence-corrected chi connectivity index (χ3v) is 7.52. The minimum Gasteiger partial charge on any atom is -0.497 e. The van der Waals surface area contributed by atoms with Crippen LogP contribution in [0.5, 0.6) is 5.75 Å². The number of likely N-dealkylation sites (N-methyl/N-ethyl adjacent to an activating group) is 2. The molecule has 0 atom stereocenters. The highest BCUT2D eigenvalue weighted by molar-refractivity contribution is 7.89. The van der Waals surface area contributed by atoms with Gasteiger partial charge in [0.05, 0.1) is 12.0 Å². The Morgan fingerprint density at radius 1 is 1.00 bits per heavy atom. The smallest absolute Gasteiger partial charge is 0.242 e. The first-order valence-corrected chi connectivity index (χ1v) is 11.7. The third kappa shape index (κ3) is 5.35. The number of hydrogen-bond acceptors (Lipinski definition) is 7. The summed E-state index contributed by atoms with van der Waals surface area (Å²) in [7, 11) is 1.46. The lowest BCUT2D eigenvalue weighted by molar-refractivity contribution is 0.414. The fourth-order valence-electron chi connectivity index (χ4n) is 2.79. The van der Waals surface area contributed by atoms with Crippen LogP contribution in [0.25, 0.3) is 0 Å². The molecule has 0 fully saturated rings. The van der Waals surface area contributed by atoms with Crippen LogP contribution in [0.4, 0.5) is 5.13 Å². The molecule has 1 aromatic heterocycles. The van der Waals surface area contributed by atoms with Crippen molar-refractivity contribution in [1.82, 2.24) is 13.7 Å². The summed E-state index contributed by atoms with van der Waals surface area (Å²) in [4.78, 5) is 6.76. The predicted molar refractivity (Wildman–Crippen MR) is 120 cm³/mol. The van der Waals surface area contributed by atoms with Crippen molar-refractivity contribution in [3.63, 3.8) is 0 Å². The lowest BCUT2D eigenvalue weighted by atomic mass is 10.1. The second kappa shape index (κ2) is 9.55. The zero-order valence-electron chi connectivity index (χ0n) is 17.6. The van der Waals surface area contributed by atoms with Gasteiger partial charge in [0.25, 0.3) is 0 Å². The molecule has 3 rings (SSSR count). The maximum absolute atomic E-state index is 12.8. The number of rotatable bonds is 9. The van der Waals surface area contributed by atoms with Gasteiger partial charge in [0.15, 0.2) is 0 Å². The van der Waals surface area contributed by atoms with Gasteiger partial charge in [-0.2, -0.15) is 8.68 Å². The monoisotopic (exact) mass is 446 g/mol. The first kappa shape index (κ1) is 22.2. The Morgan fingerprint density at radius 2 is 1.67 bits per heavy atom. The molecular formula is C21H26N4O3S2. The van der Waals surface area contributed by atoms with Crippen LogP contribution in [-0.2, 0) is 16.4 Å². The zero-order chi connectivity index (χ0) is 21.7. The van der Waals surface area contributed by atoms with E-state index in [-0.39, 0.29) is 4.90 Å². The van der Waals surface area contributed by atoms with Crippen LogP contribution < -0.4 is 9.64 Å². The van der Waals surface area contributed by atoms with E-state index in [0.717, 1.165) is 16.5 Å². The highest BCUT2D eigenvalue weighted by Gasteiger charge is 2.21. The van der Waals surface area contributed by atoms with E-state index in [1.54, 1.807) is 38.4 Å². The lowest BCUT2D eigenvalue weighted by Crippen LogP contribution is -2.34. The summed E-state index contributed by atoms with van der Waals surface area (Å²) in [6.07, 6.45) is 0.677. The molecule has 0 bridgehead atoms. The van der Waals surface area contributed by atoms with E-state index < -0.39 is 10.0 Å². The van der Waals surface area contributed by atoms with E-state index in [1.165, 1.54) is 21.4 Å². The van der Waals surface area contributed by atoms with Gasteiger partial charge in [-0.3, -0.25) is 0 Å². The molecule has 0 spiro atoms. The molecule has 7 nitrogen and oxygen atoms in total. The van der Waals surface area contributed by atoms with E-state index in [1.807, 2.05) is 11.9 Å². The molecular weight excluding hydrogens is 420 g/mol. The molecule has 0 radical (unpaired) electrons. The van der Waals surface area contributed by atoms with E-state index in [2.05, 4.69) is 40.5 Å². The summed E-state index contributed by atoms with van der Waals surface area (Å²) in [5, 5.41) is 0.771. The van der Waals surface area contributed by atoms with Gasteiger partial charge in [-0.1, -0.05) is 29.8 Å². The summed E-state index contributed by atoms with van der Waals surface area (Å²) in [6, 6.07) is 14.7. The second-order valence-corrected chi connectivity index (χ2v) is 9.85. The van der Waals surface area contributed by atoms with Gasteiger partial charge in [-0.05, 0) is 36.8 Å². The summed E-state index contributed by atoms with van der Waals surface area (Å²) >= 11 is 1.32. The van der Waals surface area contributed by atoms with Crippen LogP contribution >= 0.6 is 11.5 Å². The molecule has 30 heavy (non-hydrogen) atoms. The maximum Gasteiger partial charge on any atom is 0.242 e. The SMILES string of the molecule is COc1ccc(S(=O)(=O)N(C)CCN(C)c2nc(Cc3ccc(C)cc3)ns2)cc1. The number of nitrogens with zero attached hydrogens (tertiary/aromatic N) is 4. The first-order valence-electron chi connectivity index (χ1n) is 9.49. The van der Waals surface area contributed by atoms with E-state index >= 15 is 0 Å². The standard InChI is InChI=1S/C21H26N4O3S2/c1-16-5-7-17(8-6-16)15-20-22-21(29-23-20)24(2)13-14-25(3)30(26,27)19-11-9-18(28-4)10-12-19/h5-12H,13-15H2,1-4H3. The van der Waals surface area contributed by atoms with Gasteiger partial charge < -0.3 is 9.64 Å². The van der Waals surface area contributed by atoms with E-state index in [0.29, 0.717) is 25.3 Å². The Hall–Kier alpha value is -2.49. The quantitative estimate of drug-likeness (QED) is 0.502. The van der Waals surface area contributed by atoms with Crippen LogP contribution in [0.15, 0.2) is 53.4 Å². The van der Waals surface area contributed by atoms with Crippen molar-refractivity contribution in [3.05, 3.63) is 65.5 Å². The Morgan fingerprint density at radius 3 is 2.30 bits per heavy atom. The Balaban J connectivity index is 1.58. The number of sulfonamides is 1. The van der Waals surface area contributed by atoms with Crippen molar-refractivity contribution in [2.75, 3.05) is 39.2 Å². The molecule has 0 saturated heterocycles. The van der Waals surface area contributed by atoms with Crippen molar-refractivity contribution < 1.29 is 13.2 Å². The average Bonchev–Trinajstić information content (AvgIpc) is 3.22. The van der Waals surface area contributed by atoms with Gasteiger partial charge in [0, 0.05) is 45.1 Å². The number of aryl methyl sites for hydroxylation is 1. The lowest BCUT2D eigenvalue weighted by Gasteiger charge is -2.21. The highest BCUT2D eigenvalue weighted by Crippen LogP contribution is 2.20. The van der Waals surface area contributed by atoms with Crippen LogP contribution in [-0.4, -0.2) is 56.4 Å². The van der Waals surface area contributed by atoms with Crippen LogP contribution in [0.3, 0.4) is 0 Å². The number of aromatic nitrogens is 2. The first-order chi connectivity index (χ1) is 14.3. The topological polar surface area (TPSA) is 75.6 Å². The van der Waals surface area contributed by atoms with Crippen molar-refractivity contribution in [1.29, 1.82) is 0 Å². The molecule has 2 aromatic carbocycles. The van der Waals surface area contributed by atoms with Crippen LogP contribution in [0.2, 0.25) is 0 Å². The molecule has 0 aliphatic carbocycles. The maximum atomic E-state index is 12.8. The summed E-state index contributed by atoms with van der Waals surface area (Å²) in [6.45, 7) is 2.90. The van der Waals surface area contributed by atoms with Crippen molar-refractivity contribution in [2.24, 2.45) is 0 Å². The number of hydrogen-bond donors (Lipinski definition) is 0. The molecule has 1 heterocycles. The molecule has 0 aliphatic rings. The normalized spacial score (nSPS) is 11.6. The minimum absolute atomic E-state index is 0.241. The molecule has 160 valence electrons. The number of benzene rings is 2. The van der Waals surface area contributed by atoms with Crippen molar-refractivity contribution in [2.45, 2.75) is 18.2 Å². The van der Waals surface area contributed by atoms with Crippen molar-refractivity contribution in [3.8, 4) is 5.75 Å². The second-order valence-electron chi connectivity index (χ2n) is 7.08. The van der Waals surface area contributed by atoms with Gasteiger partial charge in [0.2, 0.25) is 15.2 Å². The molecule has 0 aliphatic heterocycles. The molecule has 3 aromatic rings. The van der Waals surface area contributed by atoms with Gasteiger partial charge in [-0.15, -0.1) is 0 Å². The summed E-state index contributed by atoms with van der Waals surface area (Å²) in [5.74, 6) is 1.39. The fourth-order valence-corrected chi connectivity index (χ4v) is 4.63. The summed E-state index contributed by atoms with van der Waals surface area (Å²) < 4.78 is 36.4. The average molecular weight is 447 g/mol. The zero-order valence-corrected chi connectivity index (χ0v) is 19.2. The van der Waals surface area contributed by atoms with Gasteiger partial charge in [-0.25, -0.2) is 13.4 Å². The number of ether oxygens (including phenoxy) is 1. The fraction of sp³-hybridized carbons (Fsp3) is 0.333. The van der Waals surface area contributed by atoms with Gasteiger partial charge >= 0.3 is 0 Å². The molecule has 0 N–H and O–H groups in total. The minimum atomic E-state index is -3.56. The molecule has 0 unspecified atom stereocenters. The Kier molecular flexibility index (Phi) is 7.06. The molecule has 0 saturated carbocycles. The van der Waals surface area contributed by atoms with E-state index in [9.17, 15) is 8.42 Å². The summed E-state index contributed by atoms with van der Waals surface area (Å²) in [5.41, 5.74) is 2.39. The van der Waals surface area contributed by atoms with Crippen LogP contribution in [0.1, 0.15) is 17.0 Å². The predicted octanol–water partition coefficient (Wildman–Crippen LogP) is 3.20. The Bertz CT molecular complexity index is 1060. The van der Waals surface area contributed by atoms with Crippen LogP contribution in [0, 0.1) is 6.92 Å². The number of methoxy groups -OCH3 is 1.